The number of nitrogens with zero attached hydrogens (tertiary/aromatic N) is 1. The Bertz CT molecular complexity index is 787. The quantitative estimate of drug-likeness (QED) is 0.847. The summed E-state index contributed by atoms with van der Waals surface area (Å²) in [4.78, 5) is 27.3. The number of carboxylic acids is 1. The summed E-state index contributed by atoms with van der Waals surface area (Å²) in [6.45, 7) is 0. The van der Waals surface area contributed by atoms with Crippen molar-refractivity contribution in [3.8, 4) is 0 Å². The number of halogens is 1. The number of nitrogens with one attached hydrogen (secondary N) is 1. The van der Waals surface area contributed by atoms with Gasteiger partial charge < -0.3 is 15.2 Å². The Kier molecular flexibility index (Phi) is 3.65. The molecule has 0 aliphatic carbocycles. The highest BCUT2D eigenvalue weighted by atomic mass is 35.5. The minimum atomic E-state index is -1.61. The van der Waals surface area contributed by atoms with E-state index in [-0.39, 0.29) is 0 Å². The third-order valence-corrected chi connectivity index (χ3v) is 3.51. The third-order valence-electron chi connectivity index (χ3n) is 3.27. The van der Waals surface area contributed by atoms with Gasteiger partial charge in [0.05, 0.1) is 17.4 Å². The highest BCUT2D eigenvalue weighted by molar-refractivity contribution is 6.32. The van der Waals surface area contributed by atoms with Gasteiger partial charge in [0.2, 0.25) is 0 Å². The Labute approximate surface area is 131 Å². The molecule has 22 heavy (non-hydrogen) atoms. The van der Waals surface area contributed by atoms with Gasteiger partial charge in [-0.1, -0.05) is 41.9 Å². The number of rotatable bonds is 2. The van der Waals surface area contributed by atoms with E-state index in [9.17, 15) is 14.7 Å². The fraction of sp³-hybridized carbons (Fsp3) is 0.0625. The van der Waals surface area contributed by atoms with Gasteiger partial charge in [0, 0.05) is 16.1 Å². The van der Waals surface area contributed by atoms with Gasteiger partial charge in [-0.3, -0.25) is 9.79 Å². The molecule has 1 amide bonds. The van der Waals surface area contributed by atoms with Crippen molar-refractivity contribution in [1.82, 2.24) is 0 Å². The van der Waals surface area contributed by atoms with Crippen LogP contribution in [0.15, 0.2) is 53.5 Å². The monoisotopic (exact) mass is 313 g/mol. The van der Waals surface area contributed by atoms with Crippen LogP contribution in [0.3, 0.4) is 0 Å². The maximum Gasteiger partial charge on any atom is 0.255 e. The summed E-state index contributed by atoms with van der Waals surface area (Å²) in [6.07, 6.45) is 0. The molecule has 0 spiro atoms. The molecule has 1 aliphatic rings. The van der Waals surface area contributed by atoms with Gasteiger partial charge in [-0.05, 0) is 18.2 Å². The summed E-state index contributed by atoms with van der Waals surface area (Å²) >= 11 is 6.02. The molecule has 0 saturated heterocycles. The van der Waals surface area contributed by atoms with Crippen LogP contribution in [-0.2, 0) is 9.59 Å². The van der Waals surface area contributed by atoms with Crippen LogP contribution in [0.25, 0.3) is 0 Å². The van der Waals surface area contributed by atoms with Gasteiger partial charge >= 0.3 is 0 Å². The van der Waals surface area contributed by atoms with E-state index in [0.29, 0.717) is 27.5 Å². The second-order valence-corrected chi connectivity index (χ2v) is 5.18. The van der Waals surface area contributed by atoms with Gasteiger partial charge in [0.25, 0.3) is 5.91 Å². The minimum Gasteiger partial charge on any atom is -0.547 e. The van der Waals surface area contributed by atoms with Crippen molar-refractivity contribution in [3.63, 3.8) is 0 Å². The maximum atomic E-state index is 12.0. The van der Waals surface area contributed by atoms with Crippen molar-refractivity contribution >= 4 is 34.9 Å². The first kappa shape index (κ1) is 14.3. The number of anilines is 1. The smallest absolute Gasteiger partial charge is 0.255 e. The van der Waals surface area contributed by atoms with Crippen LogP contribution < -0.4 is 10.4 Å². The molecular weight excluding hydrogens is 304 g/mol. The van der Waals surface area contributed by atoms with E-state index in [4.69, 9.17) is 11.6 Å². The number of carbonyl (C=O) groups excluding carboxylic acids is 2. The van der Waals surface area contributed by atoms with Crippen molar-refractivity contribution in [2.24, 2.45) is 4.99 Å². The van der Waals surface area contributed by atoms with Crippen LogP contribution in [0, 0.1) is 0 Å². The van der Waals surface area contributed by atoms with Crippen LogP contribution in [0.4, 0.5) is 5.69 Å². The van der Waals surface area contributed by atoms with Crippen molar-refractivity contribution in [2.75, 3.05) is 5.32 Å². The molecule has 1 aliphatic heterocycles. The average molecular weight is 314 g/mol. The maximum absolute atomic E-state index is 12.0. The molecule has 1 heterocycles. The lowest BCUT2D eigenvalue weighted by atomic mass is 10.0. The number of hydrogen-bond acceptors (Lipinski definition) is 4. The molecular formula is C16H10ClN2O3-. The van der Waals surface area contributed by atoms with Crippen LogP contribution in [-0.4, -0.2) is 23.6 Å². The predicted octanol–water partition coefficient (Wildman–Crippen LogP) is 1.25. The van der Waals surface area contributed by atoms with Gasteiger partial charge in [0.15, 0.2) is 6.04 Å². The molecule has 0 fully saturated rings. The van der Waals surface area contributed by atoms with E-state index >= 15 is 0 Å². The first-order chi connectivity index (χ1) is 10.6. The number of carboxylic acid groups (broad SMARTS) is 1. The molecule has 5 nitrogen and oxygen atoms in total. The van der Waals surface area contributed by atoms with Crippen LogP contribution in [0.2, 0.25) is 5.02 Å². The van der Waals surface area contributed by atoms with E-state index in [1.54, 1.807) is 42.5 Å². The normalized spacial score (nSPS) is 17.0. The fourth-order valence-corrected chi connectivity index (χ4v) is 2.44. The summed E-state index contributed by atoms with van der Waals surface area (Å²) in [5.41, 5.74) is 2.09. The Balaban J connectivity index is 2.25. The van der Waals surface area contributed by atoms with Crippen molar-refractivity contribution in [3.05, 3.63) is 64.7 Å². The van der Waals surface area contributed by atoms with Crippen LogP contribution in [0.1, 0.15) is 11.1 Å². The van der Waals surface area contributed by atoms with Gasteiger partial charge in [-0.2, -0.15) is 0 Å². The Morgan fingerprint density at radius 1 is 1.18 bits per heavy atom. The number of carbonyl (C=O) groups is 2. The zero-order valence-corrected chi connectivity index (χ0v) is 12.0. The zero-order chi connectivity index (χ0) is 15.7. The molecule has 0 radical (unpaired) electrons. The van der Waals surface area contributed by atoms with E-state index in [2.05, 4.69) is 10.3 Å². The van der Waals surface area contributed by atoms with Crippen LogP contribution in [0.5, 0.6) is 0 Å². The van der Waals surface area contributed by atoms with E-state index in [1.165, 1.54) is 0 Å². The standard InChI is InChI=1S/C16H11ClN2O3/c17-10-6-7-12-11(8-10)13(9-4-2-1-3-5-9)19-14(16(21)22)15(20)18-12/h1-8,14H,(H,18,20)(H,21,22)/p-1. The van der Waals surface area contributed by atoms with Crippen LogP contribution >= 0.6 is 11.6 Å². The Morgan fingerprint density at radius 3 is 2.59 bits per heavy atom. The largest absolute Gasteiger partial charge is 0.547 e. The number of benzene rings is 2. The summed E-state index contributed by atoms with van der Waals surface area (Å²) in [5.74, 6) is -2.29. The number of aliphatic carboxylic acids is 1. The second-order valence-electron chi connectivity index (χ2n) is 4.74. The highest BCUT2D eigenvalue weighted by Crippen LogP contribution is 2.27. The second kappa shape index (κ2) is 5.61. The molecule has 2 aromatic carbocycles. The van der Waals surface area contributed by atoms with Gasteiger partial charge in [-0.15, -0.1) is 0 Å². The molecule has 0 saturated carbocycles. The summed E-state index contributed by atoms with van der Waals surface area (Å²) in [7, 11) is 0. The van der Waals surface area contributed by atoms with E-state index in [1.807, 2.05) is 6.07 Å². The number of fused-ring (bicyclic) bond motifs is 1. The molecule has 2 aromatic rings. The Hall–Kier alpha value is -2.66. The molecule has 3 rings (SSSR count). The summed E-state index contributed by atoms with van der Waals surface area (Å²) in [6, 6.07) is 12.3. The third kappa shape index (κ3) is 2.58. The summed E-state index contributed by atoms with van der Waals surface area (Å²) in [5, 5.41) is 14.2. The fourth-order valence-electron chi connectivity index (χ4n) is 2.27. The summed E-state index contributed by atoms with van der Waals surface area (Å²) < 4.78 is 0. The first-order valence-electron chi connectivity index (χ1n) is 6.51. The van der Waals surface area contributed by atoms with Crippen molar-refractivity contribution in [2.45, 2.75) is 6.04 Å². The number of hydrogen-bond donors (Lipinski definition) is 1. The molecule has 1 atom stereocenters. The lowest BCUT2D eigenvalue weighted by Gasteiger charge is -2.11. The highest BCUT2D eigenvalue weighted by Gasteiger charge is 2.26. The number of amides is 1. The Morgan fingerprint density at radius 2 is 1.91 bits per heavy atom. The molecule has 110 valence electrons. The molecule has 1 N–H and O–H groups in total. The molecule has 0 bridgehead atoms. The molecule has 1 unspecified atom stereocenters. The number of aliphatic imine (C=N–C) groups is 1. The van der Waals surface area contributed by atoms with Gasteiger partial charge in [-0.25, -0.2) is 0 Å². The minimum absolute atomic E-state index is 0.380. The van der Waals surface area contributed by atoms with Crippen molar-refractivity contribution in [1.29, 1.82) is 0 Å². The van der Waals surface area contributed by atoms with E-state index in [0.717, 1.165) is 0 Å². The zero-order valence-electron chi connectivity index (χ0n) is 11.2. The predicted molar refractivity (Wildman–Crippen MR) is 81.0 cm³/mol. The van der Waals surface area contributed by atoms with Crippen molar-refractivity contribution < 1.29 is 14.7 Å². The van der Waals surface area contributed by atoms with Gasteiger partial charge in [0.1, 0.15) is 0 Å². The topological polar surface area (TPSA) is 81.6 Å². The molecule has 0 aromatic heterocycles. The first-order valence-corrected chi connectivity index (χ1v) is 6.89. The number of benzodiazepines with no additional fused rings is 1. The average Bonchev–Trinajstić information content (AvgIpc) is 2.64. The van der Waals surface area contributed by atoms with E-state index < -0.39 is 17.9 Å². The lowest BCUT2D eigenvalue weighted by Crippen LogP contribution is -2.42. The SMILES string of the molecule is O=C([O-])C1N=C(c2ccccc2)c2cc(Cl)ccc2NC1=O. The lowest BCUT2D eigenvalue weighted by molar-refractivity contribution is -0.306. The molecule has 6 heteroatoms.